The Hall–Kier alpha value is -2.60. The second-order valence-corrected chi connectivity index (χ2v) is 9.57. The molecule has 0 N–H and O–H groups in total. The fourth-order valence-electron chi connectivity index (χ4n) is 3.71. The van der Waals surface area contributed by atoms with Crippen LogP contribution in [0.1, 0.15) is 32.3 Å². The Morgan fingerprint density at radius 1 is 1.13 bits per heavy atom. The van der Waals surface area contributed by atoms with Crippen molar-refractivity contribution < 1.29 is 9.53 Å². The van der Waals surface area contributed by atoms with E-state index in [2.05, 4.69) is 48.3 Å². The number of nitrogens with zero attached hydrogens (tertiary/aromatic N) is 3. The van der Waals surface area contributed by atoms with Gasteiger partial charge in [0.05, 0.1) is 12.6 Å². The molecule has 0 radical (unpaired) electrons. The molecule has 5 nitrogen and oxygen atoms in total. The molecule has 1 aliphatic rings. The number of carbonyl (C=O) groups is 1. The smallest absolute Gasteiger partial charge is 0.241 e. The van der Waals surface area contributed by atoms with Gasteiger partial charge in [-0.15, -0.1) is 16.9 Å². The van der Waals surface area contributed by atoms with Crippen molar-refractivity contribution in [3.05, 3.63) is 60.3 Å². The molecule has 2 heterocycles. The van der Waals surface area contributed by atoms with E-state index >= 15 is 0 Å². The zero-order valence-corrected chi connectivity index (χ0v) is 18.3. The number of rotatable bonds is 6. The first-order chi connectivity index (χ1) is 14.6. The molecule has 1 aromatic heterocycles. The van der Waals surface area contributed by atoms with Crippen LogP contribution in [0.15, 0.2) is 59.6 Å². The summed E-state index contributed by atoms with van der Waals surface area (Å²) >= 11 is 1.84. The average molecular weight is 422 g/mol. The second-order valence-electron chi connectivity index (χ2n) is 7.92. The molecule has 156 valence electrons. The van der Waals surface area contributed by atoms with Crippen molar-refractivity contribution >= 4 is 28.4 Å². The first-order valence-electron chi connectivity index (χ1n) is 10.5. The first-order valence-corrected chi connectivity index (χ1v) is 11.4. The lowest BCUT2D eigenvalue weighted by Crippen LogP contribution is -2.42. The number of hydrogen-bond donors (Lipinski definition) is 0. The highest BCUT2D eigenvalue weighted by Crippen LogP contribution is 2.26. The van der Waals surface area contributed by atoms with Gasteiger partial charge in [-0.1, -0.05) is 44.2 Å². The summed E-state index contributed by atoms with van der Waals surface area (Å²) in [5.41, 5.74) is 1.07. The zero-order valence-electron chi connectivity index (χ0n) is 17.5. The lowest BCUT2D eigenvalue weighted by Gasteiger charge is -2.32. The van der Waals surface area contributed by atoms with Crippen LogP contribution < -0.4 is 4.74 Å². The summed E-state index contributed by atoms with van der Waals surface area (Å²) in [5, 5.41) is 10.8. The van der Waals surface area contributed by atoms with Crippen LogP contribution in [0.5, 0.6) is 5.88 Å². The normalized spacial score (nSPS) is 15.0. The molecule has 2 aromatic carbocycles. The molecule has 0 aliphatic carbocycles. The molecule has 1 aliphatic heterocycles. The SMILES string of the molecule is CC(C)Sc1ccc(CC(=O)N2CCC(Oc3nncc4ccccc34)CC2)cc1. The maximum Gasteiger partial charge on any atom is 0.241 e. The van der Waals surface area contributed by atoms with E-state index in [0.29, 0.717) is 30.6 Å². The summed E-state index contributed by atoms with van der Waals surface area (Å²) in [5.74, 6) is 0.764. The topological polar surface area (TPSA) is 55.3 Å². The van der Waals surface area contributed by atoms with Gasteiger partial charge in [-0.05, 0) is 23.8 Å². The van der Waals surface area contributed by atoms with E-state index in [1.54, 1.807) is 6.20 Å². The lowest BCUT2D eigenvalue weighted by molar-refractivity contribution is -0.132. The Kier molecular flexibility index (Phi) is 6.53. The minimum Gasteiger partial charge on any atom is -0.473 e. The third kappa shape index (κ3) is 5.11. The van der Waals surface area contributed by atoms with E-state index < -0.39 is 0 Å². The zero-order chi connectivity index (χ0) is 20.9. The molecule has 0 saturated carbocycles. The maximum atomic E-state index is 12.7. The minimum absolute atomic E-state index is 0.0569. The van der Waals surface area contributed by atoms with Gasteiger partial charge in [0.2, 0.25) is 11.8 Å². The van der Waals surface area contributed by atoms with Crippen molar-refractivity contribution in [3.63, 3.8) is 0 Å². The number of thioether (sulfide) groups is 1. The van der Waals surface area contributed by atoms with E-state index in [9.17, 15) is 4.79 Å². The van der Waals surface area contributed by atoms with Crippen molar-refractivity contribution in [2.45, 2.75) is 49.4 Å². The molecule has 1 amide bonds. The van der Waals surface area contributed by atoms with Gasteiger partial charge in [0.25, 0.3) is 0 Å². The number of likely N-dealkylation sites (tertiary alicyclic amines) is 1. The highest BCUT2D eigenvalue weighted by atomic mass is 32.2. The van der Waals surface area contributed by atoms with Crippen LogP contribution in [0.4, 0.5) is 0 Å². The summed E-state index contributed by atoms with van der Waals surface area (Å²) in [4.78, 5) is 15.9. The predicted octanol–water partition coefficient (Wildman–Crippen LogP) is 4.74. The Bertz CT molecular complexity index is 994. The number of ether oxygens (including phenoxy) is 1. The summed E-state index contributed by atoms with van der Waals surface area (Å²) in [6.07, 6.45) is 3.87. The molecular weight excluding hydrogens is 394 g/mol. The second kappa shape index (κ2) is 9.47. The molecule has 0 unspecified atom stereocenters. The van der Waals surface area contributed by atoms with Crippen molar-refractivity contribution in [1.82, 2.24) is 15.1 Å². The number of piperidine rings is 1. The van der Waals surface area contributed by atoms with Crippen molar-refractivity contribution in [2.75, 3.05) is 13.1 Å². The van der Waals surface area contributed by atoms with Crippen LogP contribution in [-0.4, -0.2) is 45.4 Å². The van der Waals surface area contributed by atoms with Gasteiger partial charge in [0, 0.05) is 46.8 Å². The molecule has 0 spiro atoms. The number of amides is 1. The van der Waals surface area contributed by atoms with Crippen LogP contribution in [0, 0.1) is 0 Å². The Labute approximate surface area is 181 Å². The molecule has 3 aromatic rings. The number of hydrogen-bond acceptors (Lipinski definition) is 5. The number of fused-ring (bicyclic) bond motifs is 1. The molecule has 6 heteroatoms. The quantitative estimate of drug-likeness (QED) is 0.538. The predicted molar refractivity (Wildman–Crippen MR) is 121 cm³/mol. The summed E-state index contributed by atoms with van der Waals surface area (Å²) in [6, 6.07) is 16.3. The van der Waals surface area contributed by atoms with Crippen LogP contribution in [0.3, 0.4) is 0 Å². The molecule has 1 saturated heterocycles. The van der Waals surface area contributed by atoms with E-state index in [1.807, 2.05) is 40.9 Å². The average Bonchev–Trinajstić information content (AvgIpc) is 2.75. The number of carbonyl (C=O) groups excluding carboxylic acids is 1. The number of aromatic nitrogens is 2. The Morgan fingerprint density at radius 2 is 1.87 bits per heavy atom. The monoisotopic (exact) mass is 421 g/mol. The van der Waals surface area contributed by atoms with E-state index in [4.69, 9.17) is 4.74 Å². The highest BCUT2D eigenvalue weighted by Gasteiger charge is 2.24. The third-order valence-corrected chi connectivity index (χ3v) is 6.28. The summed E-state index contributed by atoms with van der Waals surface area (Å²) < 4.78 is 6.15. The molecule has 0 atom stereocenters. The maximum absolute atomic E-state index is 12.7. The fraction of sp³-hybridized carbons (Fsp3) is 0.375. The van der Waals surface area contributed by atoms with Crippen molar-refractivity contribution in [3.8, 4) is 5.88 Å². The van der Waals surface area contributed by atoms with Crippen LogP contribution in [0.2, 0.25) is 0 Å². The van der Waals surface area contributed by atoms with Crippen LogP contribution in [-0.2, 0) is 11.2 Å². The van der Waals surface area contributed by atoms with Gasteiger partial charge < -0.3 is 9.64 Å². The molecular formula is C24H27N3O2S. The third-order valence-electron chi connectivity index (χ3n) is 5.26. The van der Waals surface area contributed by atoms with Gasteiger partial charge in [0.15, 0.2) is 0 Å². The van der Waals surface area contributed by atoms with Crippen LogP contribution in [0.25, 0.3) is 10.8 Å². The van der Waals surface area contributed by atoms with E-state index in [-0.39, 0.29) is 12.0 Å². The standard InChI is InChI=1S/C24H27N3O2S/c1-17(2)30-21-9-7-18(8-10-21)15-23(28)27-13-11-20(12-14-27)29-24-22-6-4-3-5-19(22)16-25-26-24/h3-10,16-17,20H,11-15H2,1-2H3. The van der Waals surface area contributed by atoms with Gasteiger partial charge in [-0.25, -0.2) is 0 Å². The van der Waals surface area contributed by atoms with E-state index in [0.717, 1.165) is 29.2 Å². The van der Waals surface area contributed by atoms with Crippen molar-refractivity contribution in [1.29, 1.82) is 0 Å². The van der Waals surface area contributed by atoms with Crippen molar-refractivity contribution in [2.24, 2.45) is 0 Å². The highest BCUT2D eigenvalue weighted by molar-refractivity contribution is 7.99. The van der Waals surface area contributed by atoms with Gasteiger partial charge in [0.1, 0.15) is 6.10 Å². The molecule has 1 fully saturated rings. The molecule has 4 rings (SSSR count). The summed E-state index contributed by atoms with van der Waals surface area (Å²) in [7, 11) is 0. The van der Waals surface area contributed by atoms with E-state index in [1.165, 1.54) is 4.90 Å². The molecule has 0 bridgehead atoms. The lowest BCUT2D eigenvalue weighted by atomic mass is 10.1. The van der Waals surface area contributed by atoms with Gasteiger partial charge in [-0.2, -0.15) is 5.10 Å². The Balaban J connectivity index is 1.30. The minimum atomic E-state index is 0.0569. The van der Waals surface area contributed by atoms with Gasteiger partial charge >= 0.3 is 0 Å². The number of benzene rings is 2. The fourth-order valence-corrected chi connectivity index (χ4v) is 4.55. The molecule has 30 heavy (non-hydrogen) atoms. The largest absolute Gasteiger partial charge is 0.473 e. The first kappa shape index (κ1) is 20.7. The van der Waals surface area contributed by atoms with Gasteiger partial charge in [-0.3, -0.25) is 4.79 Å². The summed E-state index contributed by atoms with van der Waals surface area (Å²) in [6.45, 7) is 5.79. The Morgan fingerprint density at radius 3 is 2.60 bits per heavy atom. The van der Waals surface area contributed by atoms with Crippen LogP contribution >= 0.6 is 11.8 Å².